The Bertz CT molecular complexity index is 1110. The fraction of sp³-hybridized carbons (Fsp3) is 0.600. The van der Waals surface area contributed by atoms with Crippen LogP contribution in [0.4, 0.5) is 11.8 Å². The molecular formula is C25H31ClN4O2S. The zero-order valence-corrected chi connectivity index (χ0v) is 20.8. The monoisotopic (exact) mass is 486 g/mol. The molecule has 176 valence electrons. The number of nitrogens with zero attached hydrogens (tertiary/aromatic N) is 3. The molecule has 2 N–H and O–H groups in total. The van der Waals surface area contributed by atoms with Crippen molar-refractivity contribution in [2.45, 2.75) is 79.5 Å². The summed E-state index contributed by atoms with van der Waals surface area (Å²) in [6, 6.07) is 8.72. The van der Waals surface area contributed by atoms with Crippen LogP contribution in [0.25, 0.3) is 0 Å². The number of piperidine rings is 1. The Morgan fingerprint density at radius 2 is 1.97 bits per heavy atom. The molecule has 2 aliphatic carbocycles. The minimum absolute atomic E-state index is 0.0638. The van der Waals surface area contributed by atoms with Crippen molar-refractivity contribution in [3.63, 3.8) is 0 Å². The lowest BCUT2D eigenvalue weighted by Gasteiger charge is -2.42. The highest BCUT2D eigenvalue weighted by Gasteiger charge is 2.48. The second-order valence-electron chi connectivity index (χ2n) is 11.0. The van der Waals surface area contributed by atoms with Gasteiger partial charge in [-0.3, -0.25) is 4.21 Å². The number of aromatic nitrogens is 2. The van der Waals surface area contributed by atoms with Crippen LogP contribution in [0.1, 0.15) is 63.1 Å². The van der Waals surface area contributed by atoms with E-state index in [-0.39, 0.29) is 16.9 Å². The van der Waals surface area contributed by atoms with Crippen LogP contribution in [0.3, 0.4) is 0 Å². The molecule has 33 heavy (non-hydrogen) atoms. The molecule has 0 spiro atoms. The van der Waals surface area contributed by atoms with Crippen LogP contribution in [0.15, 0.2) is 29.2 Å². The van der Waals surface area contributed by atoms with Gasteiger partial charge in [0.2, 0.25) is 5.95 Å². The molecule has 2 saturated carbocycles. The first kappa shape index (κ1) is 21.8. The molecule has 8 heteroatoms. The molecule has 4 aliphatic rings. The summed E-state index contributed by atoms with van der Waals surface area (Å²) >= 11 is 6.09. The highest BCUT2D eigenvalue weighted by molar-refractivity contribution is 7.87. The number of anilines is 2. The van der Waals surface area contributed by atoms with Crippen LogP contribution < -0.4 is 10.2 Å². The smallest absolute Gasteiger partial charge is 0.227 e. The van der Waals surface area contributed by atoms with E-state index in [1.165, 1.54) is 5.56 Å². The molecule has 2 bridgehead atoms. The van der Waals surface area contributed by atoms with Crippen LogP contribution in [-0.2, 0) is 17.2 Å². The molecule has 0 radical (unpaired) electrons. The van der Waals surface area contributed by atoms with E-state index in [2.05, 4.69) is 22.3 Å². The number of benzene rings is 1. The molecule has 0 amide bonds. The Hall–Kier alpha value is -1.70. The summed E-state index contributed by atoms with van der Waals surface area (Å²) in [5.74, 6) is 2.55. The van der Waals surface area contributed by atoms with Gasteiger partial charge in [0.25, 0.3) is 0 Å². The Morgan fingerprint density at radius 3 is 2.58 bits per heavy atom. The third kappa shape index (κ3) is 3.50. The van der Waals surface area contributed by atoms with E-state index in [1.807, 2.05) is 26.0 Å². The standard InChI is InChI=1S/C25H31ClN4O2S/c1-24(2)12-20-21(33(24)32)22(29-25(14-31)8-3-9-25)28-23(27-20)30-13-16-10-18(30)11-19(16)15-4-6-17(26)7-5-15/h4-7,16,18-19,31H,3,8-14H2,1-2H3,(H,27,28,29)/t16?,18?,19?,33-/m1/s1. The summed E-state index contributed by atoms with van der Waals surface area (Å²) in [5.41, 5.74) is 1.92. The topological polar surface area (TPSA) is 78.3 Å². The van der Waals surface area contributed by atoms with Gasteiger partial charge < -0.3 is 15.3 Å². The van der Waals surface area contributed by atoms with Gasteiger partial charge in [0.05, 0.1) is 33.4 Å². The minimum Gasteiger partial charge on any atom is -0.394 e. The SMILES string of the molecule is CC1(C)Cc2nc(N3CC4CC3CC4c3ccc(Cl)cc3)nc(NC3(CO)CCC3)c2[S@]1=O. The molecule has 3 heterocycles. The number of fused-ring (bicyclic) bond motifs is 3. The molecule has 1 aromatic heterocycles. The van der Waals surface area contributed by atoms with Gasteiger partial charge >= 0.3 is 0 Å². The molecule has 3 fully saturated rings. The maximum atomic E-state index is 13.3. The lowest BCUT2D eigenvalue weighted by atomic mass is 9.77. The van der Waals surface area contributed by atoms with Gasteiger partial charge in [0, 0.05) is 24.0 Å². The lowest BCUT2D eigenvalue weighted by molar-refractivity contribution is 0.143. The average Bonchev–Trinajstić information content (AvgIpc) is 3.43. The Morgan fingerprint density at radius 1 is 1.21 bits per heavy atom. The van der Waals surface area contributed by atoms with E-state index >= 15 is 0 Å². The second kappa shape index (κ2) is 7.65. The minimum atomic E-state index is -1.18. The predicted octanol–water partition coefficient (Wildman–Crippen LogP) is 4.28. The number of aliphatic hydroxyl groups is 1. The summed E-state index contributed by atoms with van der Waals surface area (Å²) in [7, 11) is -1.18. The van der Waals surface area contributed by atoms with Gasteiger partial charge in [0.1, 0.15) is 10.7 Å². The van der Waals surface area contributed by atoms with Crippen molar-refractivity contribution in [1.29, 1.82) is 0 Å². The van der Waals surface area contributed by atoms with Crippen molar-refractivity contribution < 1.29 is 9.32 Å². The predicted molar refractivity (Wildman–Crippen MR) is 132 cm³/mol. The van der Waals surface area contributed by atoms with E-state index in [4.69, 9.17) is 21.6 Å². The summed E-state index contributed by atoms with van der Waals surface area (Å²) in [6.07, 6.45) is 5.82. The third-order valence-electron chi connectivity index (χ3n) is 8.30. The fourth-order valence-electron chi connectivity index (χ4n) is 6.25. The number of hydrogen-bond acceptors (Lipinski definition) is 6. The van der Waals surface area contributed by atoms with Gasteiger partial charge in [-0.2, -0.15) is 4.98 Å². The molecular weight excluding hydrogens is 456 g/mol. The molecule has 6 rings (SSSR count). The maximum Gasteiger partial charge on any atom is 0.227 e. The molecule has 2 aromatic rings. The molecule has 6 nitrogen and oxygen atoms in total. The van der Waals surface area contributed by atoms with E-state index in [0.717, 1.165) is 60.2 Å². The second-order valence-corrected chi connectivity index (χ2v) is 13.5. The van der Waals surface area contributed by atoms with Gasteiger partial charge in [-0.1, -0.05) is 23.7 Å². The van der Waals surface area contributed by atoms with E-state index in [1.54, 1.807) is 0 Å². The average molecular weight is 487 g/mol. The van der Waals surface area contributed by atoms with Crippen LogP contribution >= 0.6 is 11.6 Å². The van der Waals surface area contributed by atoms with Crippen molar-refractivity contribution in [2.24, 2.45) is 5.92 Å². The first-order valence-corrected chi connectivity index (χ1v) is 13.6. The van der Waals surface area contributed by atoms with Gasteiger partial charge in [-0.05, 0) is 75.5 Å². The van der Waals surface area contributed by atoms with Crippen LogP contribution in [0.2, 0.25) is 5.02 Å². The Labute approximate surface area is 202 Å². The normalized spacial score (nSPS) is 30.8. The molecule has 3 unspecified atom stereocenters. The van der Waals surface area contributed by atoms with Crippen molar-refractivity contribution in [3.8, 4) is 0 Å². The number of nitrogens with one attached hydrogen (secondary N) is 1. The maximum absolute atomic E-state index is 13.3. The van der Waals surface area contributed by atoms with Gasteiger partial charge in [0.15, 0.2) is 0 Å². The van der Waals surface area contributed by atoms with E-state index in [9.17, 15) is 9.32 Å². The van der Waals surface area contributed by atoms with Crippen molar-refractivity contribution >= 4 is 34.2 Å². The van der Waals surface area contributed by atoms with Crippen LogP contribution in [-0.4, -0.2) is 48.8 Å². The summed E-state index contributed by atoms with van der Waals surface area (Å²) < 4.78 is 12.9. The lowest BCUT2D eigenvalue weighted by Crippen LogP contribution is -2.49. The highest BCUT2D eigenvalue weighted by atomic mass is 35.5. The zero-order valence-electron chi connectivity index (χ0n) is 19.2. The van der Waals surface area contributed by atoms with Crippen LogP contribution in [0, 0.1) is 5.92 Å². The van der Waals surface area contributed by atoms with Crippen LogP contribution in [0.5, 0.6) is 0 Å². The number of hydrogen-bond donors (Lipinski definition) is 2. The summed E-state index contributed by atoms with van der Waals surface area (Å²) in [6.45, 7) is 5.07. The van der Waals surface area contributed by atoms with E-state index in [0.29, 0.717) is 30.1 Å². The van der Waals surface area contributed by atoms with Crippen molar-refractivity contribution in [3.05, 3.63) is 40.5 Å². The number of rotatable bonds is 5. The fourth-order valence-corrected chi connectivity index (χ4v) is 7.80. The molecule has 1 saturated heterocycles. The molecule has 2 aliphatic heterocycles. The Balaban J connectivity index is 1.31. The van der Waals surface area contributed by atoms with Gasteiger partial charge in [-0.25, -0.2) is 4.98 Å². The first-order valence-electron chi connectivity index (χ1n) is 12.0. The zero-order chi connectivity index (χ0) is 23.0. The van der Waals surface area contributed by atoms with Gasteiger partial charge in [-0.15, -0.1) is 0 Å². The third-order valence-corrected chi connectivity index (χ3v) is 10.5. The Kier molecular flexibility index (Phi) is 5.06. The van der Waals surface area contributed by atoms with Crippen molar-refractivity contribution in [2.75, 3.05) is 23.4 Å². The summed E-state index contributed by atoms with van der Waals surface area (Å²) in [5, 5.41) is 14.3. The number of halogens is 1. The summed E-state index contributed by atoms with van der Waals surface area (Å²) in [4.78, 5) is 13.0. The molecule has 4 atom stereocenters. The largest absolute Gasteiger partial charge is 0.394 e. The molecule has 1 aromatic carbocycles. The van der Waals surface area contributed by atoms with E-state index < -0.39 is 10.8 Å². The first-order chi connectivity index (χ1) is 15.8. The van der Waals surface area contributed by atoms with Crippen molar-refractivity contribution in [1.82, 2.24) is 9.97 Å². The number of aliphatic hydroxyl groups excluding tert-OH is 1. The highest BCUT2D eigenvalue weighted by Crippen LogP contribution is 2.49. The quantitative estimate of drug-likeness (QED) is 0.656.